The van der Waals surface area contributed by atoms with Gasteiger partial charge >= 0.3 is 6.18 Å². The van der Waals surface area contributed by atoms with Gasteiger partial charge in [-0.3, -0.25) is 14.3 Å². The van der Waals surface area contributed by atoms with Gasteiger partial charge in [0.1, 0.15) is 4.90 Å². The van der Waals surface area contributed by atoms with Gasteiger partial charge in [0.2, 0.25) is 21.8 Å². The number of aromatic amines is 1. The number of carbonyl (C=O) groups is 1. The van der Waals surface area contributed by atoms with Crippen molar-refractivity contribution in [2.75, 3.05) is 18.9 Å². The van der Waals surface area contributed by atoms with Crippen molar-refractivity contribution < 1.29 is 26.4 Å². The monoisotopic (exact) mass is 466 g/mol. The Bertz CT molecular complexity index is 1440. The second-order valence-corrected chi connectivity index (χ2v) is 9.21. The van der Waals surface area contributed by atoms with Crippen LogP contribution in [0.4, 0.5) is 18.9 Å². The highest BCUT2D eigenvalue weighted by Crippen LogP contribution is 2.29. The quantitative estimate of drug-likeness (QED) is 0.470. The number of sulfonamides is 1. The van der Waals surface area contributed by atoms with Gasteiger partial charge in [-0.15, -0.1) is 0 Å². The summed E-state index contributed by atoms with van der Waals surface area (Å²) in [7, 11) is -2.77. The van der Waals surface area contributed by atoms with Crippen LogP contribution < -0.4 is 5.32 Å². The number of halogens is 3. The molecular formula is C19H17F3N6O3S. The Kier molecular flexibility index (Phi) is 5.17. The van der Waals surface area contributed by atoms with Gasteiger partial charge in [0.05, 0.1) is 30.0 Å². The molecular weight excluding hydrogens is 449 g/mol. The predicted octanol–water partition coefficient (Wildman–Crippen LogP) is 2.80. The summed E-state index contributed by atoms with van der Waals surface area (Å²) in [5.41, 5.74) is 1.36. The lowest BCUT2D eigenvalue weighted by Crippen LogP contribution is -2.35. The van der Waals surface area contributed by atoms with Crippen LogP contribution in [0.3, 0.4) is 0 Å². The second-order valence-electron chi connectivity index (χ2n) is 7.20. The number of hydrogen-bond donors (Lipinski definition) is 2. The molecule has 4 rings (SSSR count). The minimum absolute atomic E-state index is 0.0133. The van der Waals surface area contributed by atoms with Crippen LogP contribution in [0.1, 0.15) is 11.4 Å². The maximum atomic E-state index is 13.0. The van der Waals surface area contributed by atoms with Crippen LogP contribution in [0, 0.1) is 6.92 Å². The van der Waals surface area contributed by atoms with Crippen molar-refractivity contribution in [3.63, 3.8) is 0 Å². The Hall–Kier alpha value is -3.45. The maximum Gasteiger partial charge on any atom is 0.450 e. The molecule has 3 heterocycles. The van der Waals surface area contributed by atoms with E-state index in [1.54, 1.807) is 13.0 Å². The number of alkyl halides is 3. The topological polar surface area (TPSA) is 112 Å². The van der Waals surface area contributed by atoms with Crippen molar-refractivity contribution in [1.29, 1.82) is 0 Å². The first-order valence-corrected chi connectivity index (χ1v) is 10.6. The van der Waals surface area contributed by atoms with Crippen molar-refractivity contribution in [3.05, 3.63) is 54.2 Å². The summed E-state index contributed by atoms with van der Waals surface area (Å²) in [6.07, 6.45) is -0.958. The van der Waals surface area contributed by atoms with Crippen LogP contribution in [0.5, 0.6) is 0 Å². The van der Waals surface area contributed by atoms with E-state index in [1.807, 2.05) is 0 Å². The van der Waals surface area contributed by atoms with E-state index in [2.05, 4.69) is 20.5 Å². The molecule has 9 nitrogen and oxygen atoms in total. The lowest BCUT2D eigenvalue weighted by molar-refractivity contribution is -0.145. The zero-order valence-corrected chi connectivity index (χ0v) is 17.6. The summed E-state index contributed by atoms with van der Waals surface area (Å²) in [5, 5.41) is 9.64. The number of nitrogens with zero attached hydrogens (tertiary/aromatic N) is 4. The summed E-state index contributed by atoms with van der Waals surface area (Å²) in [5.74, 6) is -1.75. The van der Waals surface area contributed by atoms with Crippen molar-refractivity contribution in [2.45, 2.75) is 18.0 Å². The van der Waals surface area contributed by atoms with Crippen molar-refractivity contribution in [1.82, 2.24) is 23.9 Å². The number of rotatable bonds is 5. The summed E-state index contributed by atoms with van der Waals surface area (Å²) < 4.78 is 66.6. The molecule has 32 heavy (non-hydrogen) atoms. The number of hydrogen-bond acceptors (Lipinski definition) is 5. The minimum atomic E-state index is -4.62. The van der Waals surface area contributed by atoms with Crippen LogP contribution in [-0.2, 0) is 21.0 Å². The summed E-state index contributed by atoms with van der Waals surface area (Å²) in [4.78, 5) is 15.8. The Labute approximate surface area is 179 Å². The smallest absolute Gasteiger partial charge is 0.325 e. The first-order chi connectivity index (χ1) is 15.0. The summed E-state index contributed by atoms with van der Waals surface area (Å²) >= 11 is 0. The number of carbonyl (C=O) groups excluding carboxylic acids is 1. The zero-order valence-electron chi connectivity index (χ0n) is 16.8. The molecule has 0 aliphatic carbocycles. The second kappa shape index (κ2) is 7.60. The van der Waals surface area contributed by atoms with Crippen molar-refractivity contribution in [3.8, 4) is 0 Å². The molecule has 0 atom stereocenters. The molecule has 0 saturated heterocycles. The molecule has 0 bridgehead atoms. The van der Waals surface area contributed by atoms with E-state index in [-0.39, 0.29) is 16.1 Å². The molecule has 168 valence electrons. The predicted molar refractivity (Wildman–Crippen MR) is 109 cm³/mol. The van der Waals surface area contributed by atoms with E-state index in [9.17, 15) is 26.4 Å². The number of aryl methyl sites for hydroxylation is 1. The summed E-state index contributed by atoms with van der Waals surface area (Å²) in [6, 6.07) is 5.84. The van der Waals surface area contributed by atoms with Crippen LogP contribution in [-0.4, -0.2) is 51.8 Å². The van der Waals surface area contributed by atoms with Crippen LogP contribution in [0.25, 0.3) is 16.4 Å². The van der Waals surface area contributed by atoms with Crippen molar-refractivity contribution in [2.24, 2.45) is 0 Å². The number of likely N-dealkylation sites (N-methyl/N-ethyl adjacent to an activating group) is 1. The van der Waals surface area contributed by atoms with Gasteiger partial charge in [-0.1, -0.05) is 0 Å². The summed E-state index contributed by atoms with van der Waals surface area (Å²) in [6.45, 7) is 1.24. The molecule has 4 aromatic rings. The molecule has 0 saturated carbocycles. The van der Waals surface area contributed by atoms with Gasteiger partial charge in [0, 0.05) is 24.3 Å². The minimum Gasteiger partial charge on any atom is -0.325 e. The third kappa shape index (κ3) is 3.91. The van der Waals surface area contributed by atoms with E-state index in [4.69, 9.17) is 0 Å². The Morgan fingerprint density at radius 1 is 1.25 bits per heavy atom. The highest BCUT2D eigenvalue weighted by Gasteiger charge is 2.35. The van der Waals surface area contributed by atoms with Crippen LogP contribution in [0.2, 0.25) is 0 Å². The Morgan fingerprint density at radius 2 is 2.00 bits per heavy atom. The molecule has 0 aliphatic heterocycles. The number of amides is 1. The van der Waals surface area contributed by atoms with Gasteiger partial charge in [-0.2, -0.15) is 22.6 Å². The Morgan fingerprint density at radius 3 is 2.72 bits per heavy atom. The van der Waals surface area contributed by atoms with E-state index in [1.165, 1.54) is 31.4 Å². The lowest BCUT2D eigenvalue weighted by Gasteiger charge is -2.18. The average molecular weight is 466 g/mol. The van der Waals surface area contributed by atoms with Gasteiger partial charge < -0.3 is 5.32 Å². The first-order valence-electron chi connectivity index (χ1n) is 9.21. The molecule has 1 aromatic carbocycles. The molecule has 3 aromatic heterocycles. The van der Waals surface area contributed by atoms with E-state index in [0.717, 1.165) is 21.1 Å². The average Bonchev–Trinajstić information content (AvgIpc) is 3.32. The lowest BCUT2D eigenvalue weighted by atomic mass is 10.2. The SMILES string of the molecule is Cc1cc(S(=O)(=O)N(C)CC(=O)Nc2ccn3c(C(F)(F)F)ncc3c2)c2[nH]ncc2c1. The fraction of sp³-hybridized carbons (Fsp3) is 0.211. The molecule has 1 amide bonds. The van der Waals surface area contributed by atoms with Gasteiger partial charge in [-0.25, -0.2) is 13.4 Å². The molecule has 0 radical (unpaired) electrons. The number of nitrogens with one attached hydrogen (secondary N) is 2. The van der Waals surface area contributed by atoms with Crippen LogP contribution in [0.15, 0.2) is 47.8 Å². The molecule has 13 heteroatoms. The highest BCUT2D eigenvalue weighted by atomic mass is 32.2. The zero-order chi connectivity index (χ0) is 23.3. The molecule has 2 N–H and O–H groups in total. The third-order valence-electron chi connectivity index (χ3n) is 4.78. The number of anilines is 1. The number of aromatic nitrogens is 4. The van der Waals surface area contributed by atoms with E-state index >= 15 is 0 Å². The number of imidazole rings is 1. The van der Waals surface area contributed by atoms with Gasteiger partial charge in [0.25, 0.3) is 0 Å². The number of H-pyrrole nitrogens is 1. The van der Waals surface area contributed by atoms with E-state index < -0.39 is 34.5 Å². The molecule has 0 spiro atoms. The highest BCUT2D eigenvalue weighted by molar-refractivity contribution is 7.89. The number of fused-ring (bicyclic) bond motifs is 2. The molecule has 0 aliphatic rings. The molecule has 0 fully saturated rings. The van der Waals surface area contributed by atoms with Crippen LogP contribution >= 0.6 is 0 Å². The van der Waals surface area contributed by atoms with Gasteiger partial charge in [0.15, 0.2) is 0 Å². The van der Waals surface area contributed by atoms with E-state index in [0.29, 0.717) is 16.5 Å². The number of benzene rings is 1. The first kappa shape index (κ1) is 21.8. The number of pyridine rings is 1. The largest absolute Gasteiger partial charge is 0.450 e. The fourth-order valence-electron chi connectivity index (χ4n) is 3.31. The maximum absolute atomic E-state index is 13.0. The fourth-order valence-corrected chi connectivity index (χ4v) is 4.69. The third-order valence-corrected chi connectivity index (χ3v) is 6.61. The standard InChI is InChI=1S/C19H17F3N6O3S/c1-11-5-12-8-24-26-17(12)15(6-11)32(30,31)27(2)10-16(29)25-13-3-4-28-14(7-13)9-23-18(28)19(20,21)22/h3-9H,10H2,1-2H3,(H,24,26)(H,25,29). The van der Waals surface area contributed by atoms with Crippen molar-refractivity contribution >= 4 is 38.0 Å². The molecule has 0 unspecified atom stereocenters. The Balaban J connectivity index is 1.53. The normalized spacial score (nSPS) is 12.7. The van der Waals surface area contributed by atoms with Gasteiger partial charge in [-0.05, 0) is 36.8 Å².